The summed E-state index contributed by atoms with van der Waals surface area (Å²) < 4.78 is 0. The summed E-state index contributed by atoms with van der Waals surface area (Å²) in [6.07, 6.45) is 5.87. The van der Waals surface area contributed by atoms with Gasteiger partial charge in [-0.1, -0.05) is 12.5 Å². The van der Waals surface area contributed by atoms with E-state index in [4.69, 9.17) is 0 Å². The van der Waals surface area contributed by atoms with Gasteiger partial charge in [0.1, 0.15) is 0 Å². The molecule has 1 saturated heterocycles. The first-order valence-electron chi connectivity index (χ1n) is 7.00. The lowest BCUT2D eigenvalue weighted by atomic mass is 10.0. The van der Waals surface area contributed by atoms with E-state index in [1.807, 2.05) is 6.08 Å². The Morgan fingerprint density at radius 2 is 2.28 bits per heavy atom. The fraction of sp³-hybridized carbons (Fsp3) is 0.786. The molecule has 2 unspecified atom stereocenters. The van der Waals surface area contributed by atoms with Crippen molar-refractivity contribution in [3.8, 4) is 0 Å². The van der Waals surface area contributed by atoms with Crippen LogP contribution < -0.4 is 10.6 Å². The van der Waals surface area contributed by atoms with E-state index in [1.165, 1.54) is 25.8 Å². The molecular weight excluding hydrogens is 224 g/mol. The van der Waals surface area contributed by atoms with E-state index in [-0.39, 0.29) is 0 Å². The Kier molecular flexibility index (Phi) is 6.80. The van der Waals surface area contributed by atoms with Crippen LogP contribution in [0.15, 0.2) is 17.6 Å². The maximum absolute atomic E-state index is 4.19. The van der Waals surface area contributed by atoms with Gasteiger partial charge in [-0.25, -0.2) is 0 Å². The molecule has 0 aliphatic carbocycles. The molecule has 0 saturated carbocycles. The fourth-order valence-corrected chi connectivity index (χ4v) is 2.53. The van der Waals surface area contributed by atoms with Gasteiger partial charge in [0, 0.05) is 32.2 Å². The second-order valence-corrected chi connectivity index (χ2v) is 5.05. The fourth-order valence-electron chi connectivity index (χ4n) is 2.53. The Labute approximate surface area is 112 Å². The van der Waals surface area contributed by atoms with Crippen molar-refractivity contribution in [2.24, 2.45) is 4.99 Å². The zero-order valence-corrected chi connectivity index (χ0v) is 12.1. The molecule has 1 rings (SSSR count). The van der Waals surface area contributed by atoms with Gasteiger partial charge >= 0.3 is 0 Å². The maximum Gasteiger partial charge on any atom is 0.191 e. The molecule has 0 aromatic heterocycles. The maximum atomic E-state index is 4.19. The first kappa shape index (κ1) is 15.0. The van der Waals surface area contributed by atoms with Crippen LogP contribution in [-0.2, 0) is 0 Å². The Hall–Kier alpha value is -1.03. The molecule has 2 N–H and O–H groups in total. The smallest absolute Gasteiger partial charge is 0.191 e. The van der Waals surface area contributed by atoms with Crippen molar-refractivity contribution < 1.29 is 0 Å². The Bertz CT molecular complexity index is 275. The van der Waals surface area contributed by atoms with Crippen molar-refractivity contribution in [2.45, 2.75) is 45.2 Å². The summed E-state index contributed by atoms with van der Waals surface area (Å²) >= 11 is 0. The number of hydrogen-bond donors (Lipinski definition) is 2. The molecule has 4 heteroatoms. The van der Waals surface area contributed by atoms with Gasteiger partial charge in [-0.2, -0.15) is 0 Å². The Morgan fingerprint density at radius 1 is 1.50 bits per heavy atom. The first-order valence-corrected chi connectivity index (χ1v) is 7.00. The summed E-state index contributed by atoms with van der Waals surface area (Å²) in [5.74, 6) is 0.853. The number of likely N-dealkylation sites (tertiary alicyclic amines) is 1. The van der Waals surface area contributed by atoms with Crippen molar-refractivity contribution in [3.05, 3.63) is 12.7 Å². The van der Waals surface area contributed by atoms with E-state index in [2.05, 4.69) is 41.0 Å². The normalized spacial score (nSPS) is 23.5. The van der Waals surface area contributed by atoms with Gasteiger partial charge in [0.2, 0.25) is 0 Å². The highest BCUT2D eigenvalue weighted by Crippen LogP contribution is 2.18. The van der Waals surface area contributed by atoms with E-state index in [1.54, 1.807) is 7.05 Å². The van der Waals surface area contributed by atoms with Crippen LogP contribution in [0.3, 0.4) is 0 Å². The monoisotopic (exact) mass is 252 g/mol. The molecule has 104 valence electrons. The number of nitrogens with zero attached hydrogens (tertiary/aromatic N) is 2. The van der Waals surface area contributed by atoms with Gasteiger partial charge in [0.15, 0.2) is 5.96 Å². The van der Waals surface area contributed by atoms with E-state index in [0.29, 0.717) is 12.1 Å². The lowest BCUT2D eigenvalue weighted by molar-refractivity contribution is 0.115. The van der Waals surface area contributed by atoms with Crippen molar-refractivity contribution in [3.63, 3.8) is 0 Å². The molecule has 0 spiro atoms. The second kappa shape index (κ2) is 8.14. The molecule has 0 aromatic carbocycles. The van der Waals surface area contributed by atoms with Gasteiger partial charge in [-0.15, -0.1) is 6.58 Å². The zero-order valence-electron chi connectivity index (χ0n) is 12.1. The summed E-state index contributed by atoms with van der Waals surface area (Å²) in [5, 5.41) is 6.56. The molecule has 18 heavy (non-hydrogen) atoms. The highest BCUT2D eigenvalue weighted by atomic mass is 15.2. The average molecular weight is 252 g/mol. The standard InChI is InChI=1S/C14H28N4/c1-5-9-16-14(15-4)17-11-13(3)18-10-7-6-8-12(18)2/h5,12-13H,1,6-11H2,2-4H3,(H2,15,16,17). The third kappa shape index (κ3) is 4.69. The largest absolute Gasteiger partial charge is 0.355 e. The first-order chi connectivity index (χ1) is 8.69. The molecule has 1 fully saturated rings. The van der Waals surface area contributed by atoms with Crippen LogP contribution in [0.5, 0.6) is 0 Å². The number of hydrogen-bond acceptors (Lipinski definition) is 2. The number of piperidine rings is 1. The summed E-state index contributed by atoms with van der Waals surface area (Å²) in [6.45, 7) is 11.2. The Balaban J connectivity index is 2.34. The Morgan fingerprint density at radius 3 is 2.89 bits per heavy atom. The molecule has 0 bridgehead atoms. The average Bonchev–Trinajstić information content (AvgIpc) is 2.39. The minimum Gasteiger partial charge on any atom is -0.355 e. The van der Waals surface area contributed by atoms with Crippen molar-refractivity contribution in [2.75, 3.05) is 26.7 Å². The predicted octanol–water partition coefficient (Wildman–Crippen LogP) is 1.60. The highest BCUT2D eigenvalue weighted by molar-refractivity contribution is 5.79. The lowest BCUT2D eigenvalue weighted by Crippen LogP contribution is -2.50. The van der Waals surface area contributed by atoms with Crippen molar-refractivity contribution >= 4 is 5.96 Å². The third-order valence-electron chi connectivity index (χ3n) is 3.62. The number of nitrogens with one attached hydrogen (secondary N) is 2. The van der Waals surface area contributed by atoms with Gasteiger partial charge in [0.05, 0.1) is 0 Å². The van der Waals surface area contributed by atoms with Gasteiger partial charge in [-0.05, 0) is 33.2 Å². The molecule has 4 nitrogen and oxygen atoms in total. The number of aliphatic imine (C=N–C) groups is 1. The minimum atomic E-state index is 0.544. The van der Waals surface area contributed by atoms with Crippen LogP contribution in [-0.4, -0.2) is 49.6 Å². The van der Waals surface area contributed by atoms with E-state index < -0.39 is 0 Å². The summed E-state index contributed by atoms with van der Waals surface area (Å²) in [7, 11) is 1.80. The SMILES string of the molecule is C=CCNC(=NC)NCC(C)N1CCCCC1C. The van der Waals surface area contributed by atoms with Crippen LogP contribution in [0.2, 0.25) is 0 Å². The lowest BCUT2D eigenvalue weighted by Gasteiger charge is -2.38. The number of guanidine groups is 1. The molecule has 0 amide bonds. The topological polar surface area (TPSA) is 39.7 Å². The van der Waals surface area contributed by atoms with E-state index in [0.717, 1.165) is 19.0 Å². The predicted molar refractivity (Wildman–Crippen MR) is 79.0 cm³/mol. The van der Waals surface area contributed by atoms with Crippen molar-refractivity contribution in [1.29, 1.82) is 0 Å². The van der Waals surface area contributed by atoms with Gasteiger partial charge in [0.25, 0.3) is 0 Å². The van der Waals surface area contributed by atoms with Crippen LogP contribution in [0.1, 0.15) is 33.1 Å². The minimum absolute atomic E-state index is 0.544. The molecule has 0 aromatic rings. The molecular formula is C14H28N4. The summed E-state index contributed by atoms with van der Waals surface area (Å²) in [5.41, 5.74) is 0. The molecule has 1 aliphatic rings. The quantitative estimate of drug-likeness (QED) is 0.443. The van der Waals surface area contributed by atoms with Crippen molar-refractivity contribution in [1.82, 2.24) is 15.5 Å². The van der Waals surface area contributed by atoms with E-state index >= 15 is 0 Å². The molecule has 1 heterocycles. The second-order valence-electron chi connectivity index (χ2n) is 5.05. The van der Waals surface area contributed by atoms with Gasteiger partial charge in [-0.3, -0.25) is 9.89 Å². The van der Waals surface area contributed by atoms with Crippen LogP contribution in [0.25, 0.3) is 0 Å². The third-order valence-corrected chi connectivity index (χ3v) is 3.62. The zero-order chi connectivity index (χ0) is 13.4. The molecule has 0 radical (unpaired) electrons. The van der Waals surface area contributed by atoms with Crippen LogP contribution in [0, 0.1) is 0 Å². The van der Waals surface area contributed by atoms with Crippen LogP contribution in [0.4, 0.5) is 0 Å². The molecule has 1 aliphatic heterocycles. The summed E-state index contributed by atoms with van der Waals surface area (Å²) in [4.78, 5) is 6.78. The summed E-state index contributed by atoms with van der Waals surface area (Å²) in [6, 6.07) is 1.25. The van der Waals surface area contributed by atoms with Gasteiger partial charge < -0.3 is 10.6 Å². The highest BCUT2D eigenvalue weighted by Gasteiger charge is 2.22. The van der Waals surface area contributed by atoms with E-state index in [9.17, 15) is 0 Å². The van der Waals surface area contributed by atoms with Crippen LogP contribution >= 0.6 is 0 Å². The number of rotatable bonds is 5. The molecule has 2 atom stereocenters.